The minimum atomic E-state index is 0.897. The first kappa shape index (κ1) is 7.56. The van der Waals surface area contributed by atoms with Gasteiger partial charge in [0.25, 0.3) is 0 Å². The molecule has 0 aliphatic carbocycles. The molecule has 0 radical (unpaired) electrons. The zero-order valence-corrected chi connectivity index (χ0v) is 7.10. The summed E-state index contributed by atoms with van der Waals surface area (Å²) in [7, 11) is 0. The Bertz CT molecular complexity index is 103. The van der Waals surface area contributed by atoms with Gasteiger partial charge in [0, 0.05) is 25.2 Å². The van der Waals surface area contributed by atoms with E-state index in [1.165, 1.54) is 45.2 Å². The van der Waals surface area contributed by atoms with E-state index in [9.17, 15) is 0 Å². The summed E-state index contributed by atoms with van der Waals surface area (Å²) in [5.74, 6) is 0. The van der Waals surface area contributed by atoms with Crippen molar-refractivity contribution in [1.82, 2.24) is 10.6 Å². The standard InChI is InChI=1S/C9H18N2/c1(2-4-8-6-10-8)3-5-9-7-11-9/h8-11H,1-7H2. The van der Waals surface area contributed by atoms with Crippen LogP contribution in [0.25, 0.3) is 0 Å². The van der Waals surface area contributed by atoms with Gasteiger partial charge in [0.15, 0.2) is 0 Å². The Morgan fingerprint density at radius 3 is 1.64 bits per heavy atom. The second kappa shape index (κ2) is 3.55. The molecule has 0 aromatic rings. The summed E-state index contributed by atoms with van der Waals surface area (Å²) in [4.78, 5) is 0. The first-order valence-corrected chi connectivity index (χ1v) is 4.92. The molecule has 2 rings (SSSR count). The largest absolute Gasteiger partial charge is 0.311 e. The van der Waals surface area contributed by atoms with E-state index >= 15 is 0 Å². The minimum absolute atomic E-state index is 0.897. The molecule has 2 N–H and O–H groups in total. The summed E-state index contributed by atoms with van der Waals surface area (Å²) in [6.07, 6.45) is 7.14. The highest BCUT2D eigenvalue weighted by molar-refractivity contribution is 4.84. The molecular formula is C9H18N2. The number of hydrogen-bond donors (Lipinski definition) is 2. The Hall–Kier alpha value is -0.0800. The molecule has 0 aromatic carbocycles. The third-order valence-corrected chi connectivity index (χ3v) is 2.59. The Balaban J connectivity index is 1.35. The van der Waals surface area contributed by atoms with Crippen LogP contribution in [-0.2, 0) is 0 Å². The van der Waals surface area contributed by atoms with E-state index in [1.807, 2.05) is 0 Å². The fraction of sp³-hybridized carbons (Fsp3) is 1.00. The van der Waals surface area contributed by atoms with E-state index < -0.39 is 0 Å². The van der Waals surface area contributed by atoms with Crippen LogP contribution in [-0.4, -0.2) is 25.2 Å². The lowest BCUT2D eigenvalue weighted by atomic mass is 10.1. The highest BCUT2D eigenvalue weighted by Crippen LogP contribution is 2.13. The van der Waals surface area contributed by atoms with E-state index in [4.69, 9.17) is 0 Å². The molecular weight excluding hydrogens is 136 g/mol. The number of hydrogen-bond acceptors (Lipinski definition) is 2. The normalized spacial score (nSPS) is 33.8. The number of rotatable bonds is 6. The smallest absolute Gasteiger partial charge is 0.0193 e. The number of nitrogens with one attached hydrogen (secondary N) is 2. The quantitative estimate of drug-likeness (QED) is 0.440. The van der Waals surface area contributed by atoms with E-state index in [-0.39, 0.29) is 0 Å². The van der Waals surface area contributed by atoms with Gasteiger partial charge in [-0.2, -0.15) is 0 Å². The van der Waals surface area contributed by atoms with Gasteiger partial charge in [-0.15, -0.1) is 0 Å². The van der Waals surface area contributed by atoms with Crippen molar-refractivity contribution in [3.05, 3.63) is 0 Å². The van der Waals surface area contributed by atoms with Crippen molar-refractivity contribution in [3.8, 4) is 0 Å². The van der Waals surface area contributed by atoms with Crippen LogP contribution in [0.1, 0.15) is 32.1 Å². The molecule has 0 aromatic heterocycles. The topological polar surface area (TPSA) is 43.9 Å². The van der Waals surface area contributed by atoms with Crippen LogP contribution in [0, 0.1) is 0 Å². The molecule has 11 heavy (non-hydrogen) atoms. The van der Waals surface area contributed by atoms with E-state index in [0.29, 0.717) is 0 Å². The maximum Gasteiger partial charge on any atom is 0.0193 e. The van der Waals surface area contributed by atoms with Crippen LogP contribution in [0.15, 0.2) is 0 Å². The first-order chi connectivity index (χ1) is 5.45. The maximum absolute atomic E-state index is 3.33. The van der Waals surface area contributed by atoms with Crippen LogP contribution in [0.2, 0.25) is 0 Å². The SMILES string of the molecule is C(CCC1CN1)CCC1CN1. The van der Waals surface area contributed by atoms with Crippen molar-refractivity contribution in [3.63, 3.8) is 0 Å². The van der Waals surface area contributed by atoms with Crippen LogP contribution >= 0.6 is 0 Å². The molecule has 2 saturated heterocycles. The summed E-state index contributed by atoms with van der Waals surface area (Å²) in [6.45, 7) is 2.56. The van der Waals surface area contributed by atoms with Crippen molar-refractivity contribution in [1.29, 1.82) is 0 Å². The maximum atomic E-state index is 3.33. The van der Waals surface area contributed by atoms with Crippen molar-refractivity contribution in [2.24, 2.45) is 0 Å². The van der Waals surface area contributed by atoms with Crippen molar-refractivity contribution in [2.75, 3.05) is 13.1 Å². The average Bonchev–Trinajstić information content (AvgIpc) is 2.83. The van der Waals surface area contributed by atoms with Gasteiger partial charge < -0.3 is 10.6 Å². The second-order valence-corrected chi connectivity index (χ2v) is 3.85. The summed E-state index contributed by atoms with van der Waals surface area (Å²) < 4.78 is 0. The molecule has 0 spiro atoms. The van der Waals surface area contributed by atoms with E-state index in [0.717, 1.165) is 12.1 Å². The molecule has 2 heterocycles. The van der Waals surface area contributed by atoms with E-state index in [1.54, 1.807) is 0 Å². The zero-order valence-electron chi connectivity index (χ0n) is 7.10. The average molecular weight is 154 g/mol. The molecule has 0 bridgehead atoms. The van der Waals surface area contributed by atoms with Crippen molar-refractivity contribution in [2.45, 2.75) is 44.2 Å². The first-order valence-electron chi connectivity index (χ1n) is 4.92. The summed E-state index contributed by atoms with van der Waals surface area (Å²) >= 11 is 0. The molecule has 0 saturated carbocycles. The van der Waals surface area contributed by atoms with E-state index in [2.05, 4.69) is 10.6 Å². The van der Waals surface area contributed by atoms with Gasteiger partial charge in [-0.3, -0.25) is 0 Å². The highest BCUT2D eigenvalue weighted by atomic mass is 15.1. The lowest BCUT2D eigenvalue weighted by Crippen LogP contribution is -1.92. The summed E-state index contributed by atoms with van der Waals surface area (Å²) in [5.41, 5.74) is 0. The monoisotopic (exact) mass is 154 g/mol. The Morgan fingerprint density at radius 1 is 0.818 bits per heavy atom. The number of unbranched alkanes of at least 4 members (excludes halogenated alkanes) is 2. The van der Waals surface area contributed by atoms with Crippen LogP contribution < -0.4 is 10.6 Å². The Kier molecular flexibility index (Phi) is 2.44. The molecule has 2 nitrogen and oxygen atoms in total. The molecule has 2 aliphatic rings. The third kappa shape index (κ3) is 3.21. The summed E-state index contributed by atoms with van der Waals surface area (Å²) in [5, 5.41) is 6.67. The highest BCUT2D eigenvalue weighted by Gasteiger charge is 2.20. The molecule has 0 amide bonds. The van der Waals surface area contributed by atoms with Crippen LogP contribution in [0.4, 0.5) is 0 Å². The zero-order chi connectivity index (χ0) is 7.52. The fourth-order valence-corrected chi connectivity index (χ4v) is 1.53. The van der Waals surface area contributed by atoms with Gasteiger partial charge in [0.05, 0.1) is 0 Å². The molecule has 64 valence electrons. The lowest BCUT2D eigenvalue weighted by molar-refractivity contribution is 0.606. The van der Waals surface area contributed by atoms with Crippen molar-refractivity contribution >= 4 is 0 Å². The third-order valence-electron chi connectivity index (χ3n) is 2.59. The summed E-state index contributed by atoms with van der Waals surface area (Å²) in [6, 6.07) is 1.79. The van der Waals surface area contributed by atoms with Gasteiger partial charge in [-0.05, 0) is 12.8 Å². The molecule has 2 aliphatic heterocycles. The lowest BCUT2D eigenvalue weighted by Gasteiger charge is -1.97. The van der Waals surface area contributed by atoms with Gasteiger partial charge in [0.2, 0.25) is 0 Å². The van der Waals surface area contributed by atoms with Crippen LogP contribution in [0.5, 0.6) is 0 Å². The van der Waals surface area contributed by atoms with Crippen molar-refractivity contribution < 1.29 is 0 Å². The second-order valence-electron chi connectivity index (χ2n) is 3.85. The predicted octanol–water partition coefficient (Wildman–Crippen LogP) is 0.880. The Labute approximate surface area is 68.7 Å². The Morgan fingerprint density at radius 2 is 1.27 bits per heavy atom. The van der Waals surface area contributed by atoms with Gasteiger partial charge in [0.1, 0.15) is 0 Å². The molecule has 2 unspecified atom stereocenters. The minimum Gasteiger partial charge on any atom is -0.311 e. The van der Waals surface area contributed by atoms with Gasteiger partial charge in [-0.1, -0.05) is 19.3 Å². The van der Waals surface area contributed by atoms with Gasteiger partial charge >= 0.3 is 0 Å². The molecule has 2 heteroatoms. The molecule has 2 atom stereocenters. The van der Waals surface area contributed by atoms with Gasteiger partial charge in [-0.25, -0.2) is 0 Å². The fourth-order valence-electron chi connectivity index (χ4n) is 1.53. The predicted molar refractivity (Wildman–Crippen MR) is 46.7 cm³/mol. The van der Waals surface area contributed by atoms with Crippen LogP contribution in [0.3, 0.4) is 0 Å². The molecule has 2 fully saturated rings.